The van der Waals surface area contributed by atoms with Crippen molar-refractivity contribution in [3.63, 3.8) is 0 Å². The summed E-state index contributed by atoms with van der Waals surface area (Å²) in [5, 5.41) is 14.5. The Kier molecular flexibility index (Phi) is 6.89. The fourth-order valence-electron chi connectivity index (χ4n) is 4.49. The normalized spacial score (nSPS) is 26.0. The summed E-state index contributed by atoms with van der Waals surface area (Å²) in [4.78, 5) is 14.1. The number of methoxy groups -OCH3 is 1. The van der Waals surface area contributed by atoms with Crippen molar-refractivity contribution in [2.45, 2.75) is 76.0 Å². The molecule has 3 heterocycles. The highest BCUT2D eigenvalue weighted by Crippen LogP contribution is 2.41. The number of aromatic nitrogens is 3. The molecule has 2 aromatic rings. The van der Waals surface area contributed by atoms with Crippen LogP contribution in [-0.2, 0) is 9.47 Å². The molecule has 4 rings (SSSR count). The van der Waals surface area contributed by atoms with Gasteiger partial charge in [-0.25, -0.2) is 15.0 Å². The molecule has 0 aromatic carbocycles. The van der Waals surface area contributed by atoms with Gasteiger partial charge in [-0.1, -0.05) is 0 Å². The number of hydrogen-bond acceptors (Lipinski definition) is 8. The molecule has 2 aromatic heterocycles. The van der Waals surface area contributed by atoms with Gasteiger partial charge in [-0.15, -0.1) is 0 Å². The molecule has 2 fully saturated rings. The summed E-state index contributed by atoms with van der Waals surface area (Å²) in [6.45, 7) is 5.95. The zero-order chi connectivity index (χ0) is 21.8. The van der Waals surface area contributed by atoms with Crippen LogP contribution in [0.15, 0.2) is 12.4 Å². The minimum absolute atomic E-state index is 0.0930. The molecule has 8 heteroatoms. The third-order valence-electron chi connectivity index (χ3n) is 6.35. The first-order valence-corrected chi connectivity index (χ1v) is 11.3. The monoisotopic (exact) mass is 430 g/mol. The Morgan fingerprint density at radius 1 is 1.19 bits per heavy atom. The number of aliphatic hydroxyl groups is 1. The van der Waals surface area contributed by atoms with E-state index in [0.717, 1.165) is 55.0 Å². The minimum atomic E-state index is -0.580. The quantitative estimate of drug-likeness (QED) is 0.689. The molecule has 1 aliphatic carbocycles. The first kappa shape index (κ1) is 22.2. The van der Waals surface area contributed by atoms with Gasteiger partial charge in [-0.05, 0) is 45.4 Å². The van der Waals surface area contributed by atoms with Crippen LogP contribution in [0.2, 0.25) is 0 Å². The molecule has 1 saturated carbocycles. The van der Waals surface area contributed by atoms with Crippen LogP contribution < -0.4 is 10.1 Å². The second-order valence-electron chi connectivity index (χ2n) is 9.18. The molecule has 1 saturated heterocycles. The van der Waals surface area contributed by atoms with Crippen molar-refractivity contribution in [3.8, 4) is 5.88 Å². The Hall–Kier alpha value is -2.03. The average molecular weight is 431 g/mol. The van der Waals surface area contributed by atoms with Crippen LogP contribution in [0.25, 0.3) is 10.9 Å². The Labute approximate surface area is 183 Å². The fraction of sp³-hybridized carbons (Fsp3) is 0.696. The van der Waals surface area contributed by atoms with Gasteiger partial charge in [0.05, 0.1) is 36.3 Å². The van der Waals surface area contributed by atoms with E-state index in [1.807, 2.05) is 26.2 Å². The maximum atomic E-state index is 10.4. The van der Waals surface area contributed by atoms with E-state index >= 15 is 0 Å². The van der Waals surface area contributed by atoms with Crippen LogP contribution in [0.3, 0.4) is 0 Å². The van der Waals surface area contributed by atoms with Crippen molar-refractivity contribution in [3.05, 3.63) is 18.0 Å². The van der Waals surface area contributed by atoms with Crippen molar-refractivity contribution in [1.29, 1.82) is 0 Å². The van der Waals surface area contributed by atoms with E-state index in [9.17, 15) is 5.11 Å². The molecule has 1 atom stereocenters. The summed E-state index contributed by atoms with van der Waals surface area (Å²) in [5.74, 6) is 1.47. The van der Waals surface area contributed by atoms with E-state index in [4.69, 9.17) is 19.2 Å². The third kappa shape index (κ3) is 5.42. The highest BCUT2D eigenvalue weighted by Gasteiger charge is 2.31. The molecule has 1 aliphatic heterocycles. The molecule has 0 spiro atoms. The van der Waals surface area contributed by atoms with Crippen LogP contribution in [0.1, 0.15) is 63.9 Å². The van der Waals surface area contributed by atoms with Crippen molar-refractivity contribution >= 4 is 16.9 Å². The molecule has 0 unspecified atom stereocenters. The van der Waals surface area contributed by atoms with Gasteiger partial charge in [-0.2, -0.15) is 0 Å². The first-order valence-electron chi connectivity index (χ1n) is 11.3. The van der Waals surface area contributed by atoms with Crippen LogP contribution in [0, 0.1) is 0 Å². The second kappa shape index (κ2) is 9.63. The second-order valence-corrected chi connectivity index (χ2v) is 9.18. The number of rotatable bonds is 7. The van der Waals surface area contributed by atoms with Crippen molar-refractivity contribution in [1.82, 2.24) is 15.0 Å². The fourth-order valence-corrected chi connectivity index (χ4v) is 4.49. The molecule has 2 aliphatic rings. The van der Waals surface area contributed by atoms with Crippen LogP contribution in [0.5, 0.6) is 5.88 Å². The number of anilines is 1. The number of ether oxygens (including phenoxy) is 3. The highest BCUT2D eigenvalue weighted by atomic mass is 16.5. The molecule has 31 heavy (non-hydrogen) atoms. The number of nitrogens with zero attached hydrogens (tertiary/aromatic N) is 3. The molecule has 2 N–H and O–H groups in total. The molecule has 0 amide bonds. The predicted molar refractivity (Wildman–Crippen MR) is 119 cm³/mol. The van der Waals surface area contributed by atoms with Crippen molar-refractivity contribution in [2.75, 3.05) is 32.2 Å². The van der Waals surface area contributed by atoms with E-state index in [1.165, 1.54) is 0 Å². The Morgan fingerprint density at radius 3 is 2.65 bits per heavy atom. The third-order valence-corrected chi connectivity index (χ3v) is 6.35. The van der Waals surface area contributed by atoms with Crippen LogP contribution in [0.4, 0.5) is 5.95 Å². The van der Waals surface area contributed by atoms with E-state index in [2.05, 4.69) is 15.3 Å². The summed E-state index contributed by atoms with van der Waals surface area (Å²) in [7, 11) is 1.68. The Bertz CT molecular complexity index is 875. The molecule has 8 nitrogen and oxygen atoms in total. The number of fused-ring (bicyclic) bond motifs is 1. The Balaban J connectivity index is 1.67. The summed E-state index contributed by atoms with van der Waals surface area (Å²) in [6, 6.07) is 0.0930. The number of hydrogen-bond donors (Lipinski definition) is 2. The largest absolute Gasteiger partial charge is 0.474 e. The maximum Gasteiger partial charge on any atom is 0.224 e. The van der Waals surface area contributed by atoms with Crippen LogP contribution in [-0.4, -0.2) is 64.7 Å². The van der Waals surface area contributed by atoms with Gasteiger partial charge in [0.25, 0.3) is 0 Å². The number of pyridine rings is 1. The SMILES string of the molecule is COC[C@H](C)Nc1ncc2c(OC3CCOCC3)ncc([C@H]3CC[C@](C)(O)CC3)c2n1. The zero-order valence-electron chi connectivity index (χ0n) is 18.8. The lowest BCUT2D eigenvalue weighted by Gasteiger charge is -2.33. The number of nitrogens with one attached hydrogen (secondary N) is 1. The van der Waals surface area contributed by atoms with Gasteiger partial charge in [-0.3, -0.25) is 0 Å². The van der Waals surface area contributed by atoms with Gasteiger partial charge in [0.1, 0.15) is 6.10 Å². The lowest BCUT2D eigenvalue weighted by Crippen LogP contribution is -2.30. The highest BCUT2D eigenvalue weighted by molar-refractivity contribution is 5.86. The summed E-state index contributed by atoms with van der Waals surface area (Å²) < 4.78 is 16.9. The van der Waals surface area contributed by atoms with Crippen molar-refractivity contribution < 1.29 is 19.3 Å². The standard InChI is InChI=1S/C23H34N4O4/c1-15(14-29-3)26-22-25-13-19-20(27-22)18(16-4-8-23(2,28)9-5-16)12-24-21(19)31-17-6-10-30-11-7-17/h12-13,15-17,28H,4-11,14H2,1-3H3,(H,25,26,27)/t15-,16-,23-/m0/s1. The zero-order valence-corrected chi connectivity index (χ0v) is 18.8. The van der Waals surface area contributed by atoms with Gasteiger partial charge >= 0.3 is 0 Å². The minimum Gasteiger partial charge on any atom is -0.474 e. The molecule has 0 bridgehead atoms. The van der Waals surface area contributed by atoms with Crippen LogP contribution >= 0.6 is 0 Å². The van der Waals surface area contributed by atoms with E-state index in [1.54, 1.807) is 7.11 Å². The Morgan fingerprint density at radius 2 is 1.94 bits per heavy atom. The summed E-state index contributed by atoms with van der Waals surface area (Å²) >= 11 is 0. The average Bonchev–Trinajstić information content (AvgIpc) is 2.75. The summed E-state index contributed by atoms with van der Waals surface area (Å²) in [6.07, 6.45) is 8.93. The molecule has 170 valence electrons. The van der Waals surface area contributed by atoms with E-state index in [0.29, 0.717) is 37.6 Å². The lowest BCUT2D eigenvalue weighted by atomic mass is 9.77. The lowest BCUT2D eigenvalue weighted by molar-refractivity contribution is 0.0171. The molecular formula is C23H34N4O4. The first-order chi connectivity index (χ1) is 14.9. The van der Waals surface area contributed by atoms with E-state index < -0.39 is 5.60 Å². The smallest absolute Gasteiger partial charge is 0.224 e. The van der Waals surface area contributed by atoms with E-state index in [-0.39, 0.29) is 12.1 Å². The van der Waals surface area contributed by atoms with Gasteiger partial charge < -0.3 is 24.6 Å². The maximum absolute atomic E-state index is 10.4. The molecule has 0 radical (unpaired) electrons. The summed E-state index contributed by atoms with van der Waals surface area (Å²) in [5.41, 5.74) is 1.41. The topological polar surface area (TPSA) is 98.6 Å². The predicted octanol–water partition coefficient (Wildman–Crippen LogP) is 3.44. The van der Waals surface area contributed by atoms with Gasteiger partial charge in [0.2, 0.25) is 11.8 Å². The van der Waals surface area contributed by atoms with Crippen molar-refractivity contribution in [2.24, 2.45) is 0 Å². The van der Waals surface area contributed by atoms with Gasteiger partial charge in [0, 0.05) is 44.0 Å². The molecular weight excluding hydrogens is 396 g/mol. The van der Waals surface area contributed by atoms with Gasteiger partial charge in [0.15, 0.2) is 0 Å².